The van der Waals surface area contributed by atoms with Gasteiger partial charge in [-0.1, -0.05) is 12.1 Å². The zero-order chi connectivity index (χ0) is 24.1. The van der Waals surface area contributed by atoms with Crippen LogP contribution in [0, 0.1) is 5.92 Å². The van der Waals surface area contributed by atoms with Crippen LogP contribution in [0.15, 0.2) is 71.3 Å². The van der Waals surface area contributed by atoms with Crippen LogP contribution in [0.25, 0.3) is 0 Å². The number of piperidine rings is 1. The Morgan fingerprint density at radius 3 is 2.21 bits per heavy atom. The van der Waals surface area contributed by atoms with E-state index in [4.69, 9.17) is 14.2 Å². The molecule has 0 radical (unpaired) electrons. The Kier molecular flexibility index (Phi) is 7.38. The number of methoxy groups -OCH3 is 2. The van der Waals surface area contributed by atoms with Crippen molar-refractivity contribution in [1.82, 2.24) is 0 Å². The predicted octanol–water partition coefficient (Wildman–Crippen LogP) is 5.78. The molecule has 2 aromatic rings. The number of hydrazine groups is 1. The van der Waals surface area contributed by atoms with Crippen molar-refractivity contribution in [2.75, 3.05) is 42.3 Å². The van der Waals surface area contributed by atoms with Gasteiger partial charge >= 0.3 is 0 Å². The highest BCUT2D eigenvalue weighted by Gasteiger charge is 2.27. The smallest absolute Gasteiger partial charge is 0.159 e. The van der Waals surface area contributed by atoms with Crippen molar-refractivity contribution in [3.8, 4) is 5.75 Å². The minimum Gasteiger partial charge on any atom is -0.486 e. The van der Waals surface area contributed by atoms with Crippen LogP contribution < -0.4 is 19.8 Å². The van der Waals surface area contributed by atoms with Gasteiger partial charge in [-0.3, -0.25) is 0 Å². The summed E-state index contributed by atoms with van der Waals surface area (Å²) in [5.74, 6) is 1.18. The molecular weight excluding hydrogens is 430 g/mol. The standard InChI is InChI=1S/C26H35N5O3/c1-26(2,3)34-24-9-7-6-8-23(24)31-28-27-16-19-30(31)22-12-10-21(11-13-22)29-17-14-20(15-18-29)25(32-4)33-5/h6-13,16,19-20,25H,14-15,17-18H2,1-5H3. The lowest BCUT2D eigenvalue weighted by Crippen LogP contribution is -2.39. The van der Waals surface area contributed by atoms with Crippen molar-refractivity contribution in [2.45, 2.75) is 45.5 Å². The van der Waals surface area contributed by atoms with E-state index < -0.39 is 0 Å². The molecule has 0 aromatic heterocycles. The Bertz CT molecular complexity index is 990. The lowest BCUT2D eigenvalue weighted by atomic mass is 9.95. The third-order valence-corrected chi connectivity index (χ3v) is 5.98. The second-order valence-electron chi connectivity index (χ2n) is 9.50. The first-order valence-electron chi connectivity index (χ1n) is 11.7. The minimum absolute atomic E-state index is 0.124. The predicted molar refractivity (Wildman–Crippen MR) is 135 cm³/mol. The highest BCUT2D eigenvalue weighted by atomic mass is 16.7. The molecule has 0 aliphatic carbocycles. The van der Waals surface area contributed by atoms with E-state index in [9.17, 15) is 0 Å². The summed E-state index contributed by atoms with van der Waals surface area (Å²) < 4.78 is 17.1. The lowest BCUT2D eigenvalue weighted by Gasteiger charge is -2.36. The second kappa shape index (κ2) is 10.4. The molecule has 0 saturated carbocycles. The molecule has 182 valence electrons. The zero-order valence-corrected chi connectivity index (χ0v) is 20.7. The first-order chi connectivity index (χ1) is 16.4. The fraction of sp³-hybridized carbons (Fsp3) is 0.462. The van der Waals surface area contributed by atoms with E-state index in [1.165, 1.54) is 5.69 Å². The summed E-state index contributed by atoms with van der Waals surface area (Å²) in [4.78, 5) is 2.42. The van der Waals surface area contributed by atoms with Crippen molar-refractivity contribution < 1.29 is 14.2 Å². The molecule has 2 aromatic carbocycles. The molecule has 4 rings (SSSR count). The first kappa shape index (κ1) is 24.0. The normalized spacial score (nSPS) is 17.1. The fourth-order valence-electron chi connectivity index (χ4n) is 4.40. The summed E-state index contributed by atoms with van der Waals surface area (Å²) in [5.41, 5.74) is 2.69. The molecule has 1 saturated heterocycles. The van der Waals surface area contributed by atoms with Crippen molar-refractivity contribution in [1.29, 1.82) is 0 Å². The van der Waals surface area contributed by atoms with E-state index in [2.05, 4.69) is 39.5 Å². The van der Waals surface area contributed by atoms with Gasteiger partial charge in [-0.25, -0.2) is 5.01 Å². The van der Waals surface area contributed by atoms with E-state index in [1.54, 1.807) is 25.5 Å². The minimum atomic E-state index is -0.328. The number of nitrogens with zero attached hydrogens (tertiary/aromatic N) is 5. The van der Waals surface area contributed by atoms with Crippen LogP contribution in [0.5, 0.6) is 5.75 Å². The summed E-state index contributed by atoms with van der Waals surface area (Å²) in [6, 6.07) is 16.4. The average molecular weight is 466 g/mol. The molecule has 0 unspecified atom stereocenters. The Labute approximate surface area is 202 Å². The first-order valence-corrected chi connectivity index (χ1v) is 11.7. The van der Waals surface area contributed by atoms with Gasteiger partial charge in [0.15, 0.2) is 6.29 Å². The van der Waals surface area contributed by atoms with Crippen LogP contribution in [0.2, 0.25) is 0 Å². The van der Waals surface area contributed by atoms with Crippen molar-refractivity contribution >= 4 is 17.1 Å². The topological polar surface area (TPSA) is 62.1 Å². The molecule has 8 nitrogen and oxygen atoms in total. The van der Waals surface area contributed by atoms with E-state index in [0.29, 0.717) is 5.92 Å². The van der Waals surface area contributed by atoms with Crippen molar-refractivity contribution in [3.63, 3.8) is 0 Å². The fourth-order valence-corrected chi connectivity index (χ4v) is 4.40. The lowest BCUT2D eigenvalue weighted by molar-refractivity contribution is -0.141. The summed E-state index contributed by atoms with van der Waals surface area (Å²) in [7, 11) is 3.43. The Morgan fingerprint density at radius 2 is 1.56 bits per heavy atom. The number of anilines is 3. The SMILES string of the molecule is COC(OC)C1CCN(c2ccc(N3C=CN=NN3c3ccccc3OC(C)(C)C)cc2)CC1. The Balaban J connectivity index is 1.49. The highest BCUT2D eigenvalue weighted by Crippen LogP contribution is 2.36. The molecule has 1 fully saturated rings. The van der Waals surface area contributed by atoms with Gasteiger partial charge in [-0.05, 0) is 75.2 Å². The van der Waals surface area contributed by atoms with Crippen LogP contribution in [-0.2, 0) is 9.47 Å². The van der Waals surface area contributed by atoms with Gasteiger partial charge in [-0.15, -0.1) is 10.2 Å². The number of benzene rings is 2. The van der Waals surface area contributed by atoms with Gasteiger partial charge < -0.3 is 19.1 Å². The molecule has 0 amide bonds. The van der Waals surface area contributed by atoms with Crippen LogP contribution >= 0.6 is 0 Å². The third kappa shape index (κ3) is 5.51. The van der Waals surface area contributed by atoms with Crippen LogP contribution in [0.1, 0.15) is 33.6 Å². The maximum Gasteiger partial charge on any atom is 0.159 e. The van der Waals surface area contributed by atoms with Gasteiger partial charge in [0.25, 0.3) is 0 Å². The molecule has 2 aliphatic heterocycles. The molecule has 0 spiro atoms. The number of rotatable bonds is 7. The summed E-state index contributed by atoms with van der Waals surface area (Å²) in [6.07, 6.45) is 5.55. The Hall–Kier alpha value is -3.10. The van der Waals surface area contributed by atoms with Crippen molar-refractivity contribution in [3.05, 3.63) is 60.9 Å². The zero-order valence-electron chi connectivity index (χ0n) is 20.7. The van der Waals surface area contributed by atoms with Crippen LogP contribution in [0.4, 0.5) is 17.1 Å². The summed E-state index contributed by atoms with van der Waals surface area (Å²) in [5, 5.41) is 12.2. The second-order valence-corrected chi connectivity index (χ2v) is 9.50. The van der Waals surface area contributed by atoms with Crippen LogP contribution in [-0.4, -0.2) is 39.2 Å². The maximum absolute atomic E-state index is 6.19. The van der Waals surface area contributed by atoms with Gasteiger partial charge in [0, 0.05) is 45.1 Å². The average Bonchev–Trinajstić information content (AvgIpc) is 2.85. The number of para-hydroxylation sites is 2. The summed E-state index contributed by atoms with van der Waals surface area (Å²) >= 11 is 0. The van der Waals surface area contributed by atoms with Gasteiger partial charge in [0.05, 0.1) is 11.9 Å². The highest BCUT2D eigenvalue weighted by molar-refractivity contribution is 5.66. The molecule has 2 aliphatic rings. The quantitative estimate of drug-likeness (QED) is 0.483. The molecule has 0 N–H and O–H groups in total. The van der Waals surface area contributed by atoms with Gasteiger partial charge in [0.1, 0.15) is 17.0 Å². The molecular formula is C26H35N5O3. The van der Waals surface area contributed by atoms with Gasteiger partial charge in [-0.2, -0.15) is 0 Å². The Morgan fingerprint density at radius 1 is 0.912 bits per heavy atom. The largest absolute Gasteiger partial charge is 0.486 e. The molecule has 0 bridgehead atoms. The third-order valence-electron chi connectivity index (χ3n) is 5.98. The van der Waals surface area contributed by atoms with Crippen LogP contribution in [0.3, 0.4) is 0 Å². The number of hydrogen-bond donors (Lipinski definition) is 0. The molecule has 8 heteroatoms. The molecule has 2 heterocycles. The monoisotopic (exact) mass is 465 g/mol. The summed E-state index contributed by atoms with van der Waals surface area (Å²) in [6.45, 7) is 8.06. The van der Waals surface area contributed by atoms with Crippen molar-refractivity contribution in [2.24, 2.45) is 16.3 Å². The van der Waals surface area contributed by atoms with E-state index in [1.807, 2.05) is 56.2 Å². The maximum atomic E-state index is 6.19. The van der Waals surface area contributed by atoms with E-state index >= 15 is 0 Å². The molecule has 34 heavy (non-hydrogen) atoms. The molecule has 0 atom stereocenters. The van der Waals surface area contributed by atoms with E-state index in [-0.39, 0.29) is 11.9 Å². The number of hydrogen-bond acceptors (Lipinski definition) is 8. The van der Waals surface area contributed by atoms with Gasteiger partial charge in [0.2, 0.25) is 0 Å². The van der Waals surface area contributed by atoms with E-state index in [0.717, 1.165) is 43.1 Å². The number of ether oxygens (including phenoxy) is 3.